The van der Waals surface area contributed by atoms with Crippen LogP contribution in [0.3, 0.4) is 0 Å². The van der Waals surface area contributed by atoms with Crippen molar-refractivity contribution in [1.82, 2.24) is 15.2 Å². The lowest BCUT2D eigenvalue weighted by Crippen LogP contribution is -2.54. The van der Waals surface area contributed by atoms with Gasteiger partial charge in [-0.3, -0.25) is 9.80 Å². The van der Waals surface area contributed by atoms with Gasteiger partial charge in [-0.15, -0.1) is 0 Å². The number of pyridine rings is 1. The molecule has 150 valence electrons. The molecule has 1 spiro atoms. The summed E-state index contributed by atoms with van der Waals surface area (Å²) in [7, 11) is 4.29. The van der Waals surface area contributed by atoms with E-state index in [1.54, 1.807) is 11.0 Å². The van der Waals surface area contributed by atoms with E-state index in [0.29, 0.717) is 17.9 Å². The Bertz CT molecular complexity index is 955. The van der Waals surface area contributed by atoms with Gasteiger partial charge in [0.25, 0.3) is 0 Å². The van der Waals surface area contributed by atoms with E-state index in [-0.39, 0.29) is 17.1 Å². The molecular weight excluding hydrogens is 362 g/mol. The first kappa shape index (κ1) is 19.4. The number of nitrogens with zero attached hydrogens (tertiary/aromatic N) is 4. The van der Waals surface area contributed by atoms with Crippen LogP contribution in [-0.2, 0) is 5.54 Å². The summed E-state index contributed by atoms with van der Waals surface area (Å²) in [5.41, 5.74) is 2.46. The molecular formula is C23H27N5O. The molecule has 0 bridgehead atoms. The number of urea groups is 1. The van der Waals surface area contributed by atoms with E-state index in [0.717, 1.165) is 31.2 Å². The quantitative estimate of drug-likeness (QED) is 0.871. The Hall–Kier alpha value is -2.91. The molecule has 1 aromatic heterocycles. The Morgan fingerprint density at radius 2 is 1.86 bits per heavy atom. The first-order valence-electron chi connectivity index (χ1n) is 10.1. The highest BCUT2D eigenvalue weighted by molar-refractivity contribution is 5.95. The number of benzene rings is 1. The van der Waals surface area contributed by atoms with Gasteiger partial charge in [-0.05, 0) is 63.9 Å². The molecule has 1 aliphatic carbocycles. The second kappa shape index (κ2) is 7.16. The normalized spacial score (nSPS) is 26.6. The molecule has 2 amide bonds. The molecule has 2 fully saturated rings. The van der Waals surface area contributed by atoms with Crippen LogP contribution in [0.1, 0.15) is 42.4 Å². The van der Waals surface area contributed by atoms with Gasteiger partial charge in [0.05, 0.1) is 17.6 Å². The average Bonchev–Trinajstić information content (AvgIpc) is 3.04. The van der Waals surface area contributed by atoms with Crippen LogP contribution in [0.2, 0.25) is 0 Å². The summed E-state index contributed by atoms with van der Waals surface area (Å²) < 4.78 is 0. The molecule has 6 nitrogen and oxygen atoms in total. The molecule has 0 radical (unpaired) electrons. The van der Waals surface area contributed by atoms with Gasteiger partial charge in [-0.1, -0.05) is 30.3 Å². The lowest BCUT2D eigenvalue weighted by atomic mass is 9.69. The standard InChI is InChI=1S/C23H27N5O/c1-17-13-18(14-24)15-25-20(17)28-16-22(26-21(28)29)9-11-23(12-10-22,27(2)3)19-7-5-4-6-8-19/h4-8,13,15H,9-12,16H2,1-3H3,(H,26,29)/t22-,23+. The molecule has 1 aliphatic heterocycles. The van der Waals surface area contributed by atoms with Gasteiger partial charge in [0.2, 0.25) is 0 Å². The van der Waals surface area contributed by atoms with Gasteiger partial charge < -0.3 is 5.32 Å². The van der Waals surface area contributed by atoms with E-state index in [1.165, 1.54) is 11.8 Å². The fourth-order valence-electron chi connectivity index (χ4n) is 4.96. The predicted molar refractivity (Wildman–Crippen MR) is 113 cm³/mol. The fraction of sp³-hybridized carbons (Fsp3) is 0.435. The number of amides is 2. The van der Waals surface area contributed by atoms with Crippen molar-refractivity contribution in [1.29, 1.82) is 5.26 Å². The molecule has 0 unspecified atom stereocenters. The third-order valence-corrected chi connectivity index (χ3v) is 6.71. The van der Waals surface area contributed by atoms with E-state index < -0.39 is 0 Å². The van der Waals surface area contributed by atoms with Crippen molar-refractivity contribution < 1.29 is 4.79 Å². The van der Waals surface area contributed by atoms with Crippen LogP contribution < -0.4 is 10.2 Å². The molecule has 6 heteroatoms. The number of carbonyl (C=O) groups excluding carboxylic acids is 1. The van der Waals surface area contributed by atoms with Crippen molar-refractivity contribution in [2.24, 2.45) is 0 Å². The van der Waals surface area contributed by atoms with Gasteiger partial charge in [0.15, 0.2) is 0 Å². The highest BCUT2D eigenvalue weighted by Crippen LogP contribution is 2.46. The maximum atomic E-state index is 12.8. The highest BCUT2D eigenvalue weighted by atomic mass is 16.2. The Morgan fingerprint density at radius 1 is 1.17 bits per heavy atom. The Kier molecular flexibility index (Phi) is 4.79. The minimum atomic E-state index is -0.229. The van der Waals surface area contributed by atoms with Crippen molar-refractivity contribution in [3.8, 4) is 6.07 Å². The van der Waals surface area contributed by atoms with Crippen LogP contribution in [0.4, 0.5) is 10.6 Å². The second-order valence-corrected chi connectivity index (χ2v) is 8.56. The van der Waals surface area contributed by atoms with Gasteiger partial charge >= 0.3 is 6.03 Å². The van der Waals surface area contributed by atoms with Crippen LogP contribution in [0.25, 0.3) is 0 Å². The largest absolute Gasteiger partial charge is 0.330 e. The van der Waals surface area contributed by atoms with Crippen molar-refractivity contribution in [3.63, 3.8) is 0 Å². The fourth-order valence-corrected chi connectivity index (χ4v) is 4.96. The maximum Gasteiger partial charge on any atom is 0.323 e. The average molecular weight is 390 g/mol. The van der Waals surface area contributed by atoms with Crippen molar-refractivity contribution >= 4 is 11.8 Å². The van der Waals surface area contributed by atoms with Crippen LogP contribution in [-0.4, -0.2) is 42.1 Å². The summed E-state index contributed by atoms with van der Waals surface area (Å²) in [6, 6.07) is 14.5. The van der Waals surface area contributed by atoms with E-state index in [4.69, 9.17) is 5.26 Å². The monoisotopic (exact) mass is 389 g/mol. The van der Waals surface area contributed by atoms with E-state index >= 15 is 0 Å². The molecule has 1 aromatic carbocycles. The van der Waals surface area contributed by atoms with E-state index in [9.17, 15) is 4.79 Å². The number of aromatic nitrogens is 1. The first-order chi connectivity index (χ1) is 13.9. The number of nitrogens with one attached hydrogen (secondary N) is 1. The number of hydrogen-bond acceptors (Lipinski definition) is 4. The zero-order chi connectivity index (χ0) is 20.6. The predicted octanol–water partition coefficient (Wildman–Crippen LogP) is 3.56. The van der Waals surface area contributed by atoms with E-state index in [1.807, 2.05) is 6.92 Å². The maximum absolute atomic E-state index is 12.8. The van der Waals surface area contributed by atoms with Crippen LogP contribution in [0, 0.1) is 18.3 Å². The minimum Gasteiger partial charge on any atom is -0.330 e. The number of carbonyl (C=O) groups is 1. The molecule has 1 saturated heterocycles. The van der Waals surface area contributed by atoms with Gasteiger partial charge in [0.1, 0.15) is 11.9 Å². The van der Waals surface area contributed by atoms with Gasteiger partial charge in [-0.25, -0.2) is 9.78 Å². The van der Waals surface area contributed by atoms with Crippen molar-refractivity contribution in [2.45, 2.75) is 43.7 Å². The Morgan fingerprint density at radius 3 is 2.45 bits per heavy atom. The molecule has 2 aliphatic rings. The molecule has 2 heterocycles. The third kappa shape index (κ3) is 3.26. The molecule has 1 N–H and O–H groups in total. The smallest absolute Gasteiger partial charge is 0.323 e. The minimum absolute atomic E-state index is 0.00668. The number of nitriles is 1. The second-order valence-electron chi connectivity index (χ2n) is 8.56. The Balaban J connectivity index is 1.56. The number of aryl methyl sites for hydroxylation is 1. The van der Waals surface area contributed by atoms with Crippen LogP contribution >= 0.6 is 0 Å². The van der Waals surface area contributed by atoms with Crippen molar-refractivity contribution in [2.75, 3.05) is 25.5 Å². The van der Waals surface area contributed by atoms with Gasteiger partial charge in [0, 0.05) is 11.7 Å². The molecule has 1 saturated carbocycles. The first-order valence-corrected chi connectivity index (χ1v) is 10.1. The Labute approximate surface area is 172 Å². The summed E-state index contributed by atoms with van der Waals surface area (Å²) >= 11 is 0. The number of rotatable bonds is 3. The summed E-state index contributed by atoms with van der Waals surface area (Å²) in [4.78, 5) is 21.3. The zero-order valence-corrected chi connectivity index (χ0v) is 17.3. The summed E-state index contributed by atoms with van der Waals surface area (Å²) in [6.07, 6.45) is 5.33. The number of anilines is 1. The lowest BCUT2D eigenvalue weighted by Gasteiger charge is -2.48. The van der Waals surface area contributed by atoms with E-state index in [2.05, 4.69) is 65.7 Å². The van der Waals surface area contributed by atoms with Crippen LogP contribution in [0.15, 0.2) is 42.6 Å². The molecule has 4 rings (SSSR count). The lowest BCUT2D eigenvalue weighted by molar-refractivity contribution is 0.0657. The zero-order valence-electron chi connectivity index (χ0n) is 17.3. The summed E-state index contributed by atoms with van der Waals surface area (Å²) in [6.45, 7) is 2.51. The molecule has 0 atom stereocenters. The SMILES string of the molecule is Cc1cc(C#N)cnc1N1C[C@]2(CC[C@](c3ccccc3)(N(C)C)CC2)NC1=O. The molecule has 29 heavy (non-hydrogen) atoms. The number of hydrogen-bond donors (Lipinski definition) is 1. The van der Waals surface area contributed by atoms with Crippen molar-refractivity contribution in [3.05, 3.63) is 59.3 Å². The third-order valence-electron chi connectivity index (χ3n) is 6.71. The van der Waals surface area contributed by atoms with Crippen LogP contribution in [0.5, 0.6) is 0 Å². The van der Waals surface area contributed by atoms with Gasteiger partial charge in [-0.2, -0.15) is 5.26 Å². The summed E-state index contributed by atoms with van der Waals surface area (Å²) in [5, 5.41) is 12.3. The molecule has 2 aromatic rings. The topological polar surface area (TPSA) is 72.3 Å². The highest BCUT2D eigenvalue weighted by Gasteiger charge is 2.50. The summed E-state index contributed by atoms with van der Waals surface area (Å²) in [5.74, 6) is 0.644.